The normalized spacial score (nSPS) is 13.0. The molecule has 0 fully saturated rings. The van der Waals surface area contributed by atoms with Gasteiger partial charge in [-0.3, -0.25) is 4.79 Å². The molecular weight excluding hydrogens is 559 g/mol. The zero-order chi connectivity index (χ0) is 29.3. The van der Waals surface area contributed by atoms with Crippen LogP contribution >= 0.6 is 11.8 Å². The van der Waals surface area contributed by atoms with Gasteiger partial charge in [-0.1, -0.05) is 78.0 Å². The van der Waals surface area contributed by atoms with Crippen molar-refractivity contribution in [2.75, 3.05) is 0 Å². The van der Waals surface area contributed by atoms with E-state index in [1.54, 1.807) is 22.8 Å². The standard InChI is InChI=1S/C32H28F3N5OS/c1-21-5-7-23(8-6-21)19-42-31-37-30(41)27-3-2-4-28(27)40(31)18-29-36-20-39(38-29)17-22-9-11-24(12-10-22)25-13-15-26(16-14-25)32(33,34)35/h5-16,20H,2-4,17-19H2,1H3. The number of hydrogen-bond acceptors (Lipinski definition) is 5. The maximum Gasteiger partial charge on any atom is 0.416 e. The Hall–Kier alpha value is -4.18. The minimum Gasteiger partial charge on any atom is -0.316 e. The molecule has 0 saturated heterocycles. The van der Waals surface area contributed by atoms with Gasteiger partial charge >= 0.3 is 6.18 Å². The van der Waals surface area contributed by atoms with E-state index in [1.807, 2.05) is 24.3 Å². The summed E-state index contributed by atoms with van der Waals surface area (Å²) in [4.78, 5) is 21.7. The van der Waals surface area contributed by atoms with Crippen LogP contribution in [0, 0.1) is 6.92 Å². The number of thioether (sulfide) groups is 1. The molecule has 6 rings (SSSR count). The number of hydrogen-bond donors (Lipinski definition) is 0. The fourth-order valence-electron chi connectivity index (χ4n) is 5.16. The highest BCUT2D eigenvalue weighted by atomic mass is 32.2. The van der Waals surface area contributed by atoms with Crippen molar-refractivity contribution in [3.8, 4) is 11.1 Å². The zero-order valence-electron chi connectivity index (χ0n) is 22.9. The molecule has 10 heteroatoms. The molecule has 1 aliphatic rings. The largest absolute Gasteiger partial charge is 0.416 e. The molecule has 3 aromatic carbocycles. The van der Waals surface area contributed by atoms with Gasteiger partial charge in [0.15, 0.2) is 11.0 Å². The van der Waals surface area contributed by atoms with Crippen LogP contribution in [0.25, 0.3) is 11.1 Å². The highest BCUT2D eigenvalue weighted by Crippen LogP contribution is 2.31. The van der Waals surface area contributed by atoms with Crippen LogP contribution in [0.2, 0.25) is 0 Å². The summed E-state index contributed by atoms with van der Waals surface area (Å²) in [6, 6.07) is 21.2. The molecule has 0 saturated carbocycles. The predicted molar refractivity (Wildman–Crippen MR) is 156 cm³/mol. The first-order valence-electron chi connectivity index (χ1n) is 13.7. The Balaban J connectivity index is 1.17. The molecule has 214 valence electrons. The quantitative estimate of drug-likeness (QED) is 0.149. The van der Waals surface area contributed by atoms with Gasteiger partial charge in [0, 0.05) is 17.0 Å². The van der Waals surface area contributed by atoms with Crippen molar-refractivity contribution < 1.29 is 13.2 Å². The summed E-state index contributed by atoms with van der Waals surface area (Å²) in [5.41, 5.74) is 5.93. The third kappa shape index (κ3) is 6.18. The molecule has 5 aromatic rings. The van der Waals surface area contributed by atoms with E-state index in [2.05, 4.69) is 45.7 Å². The number of fused-ring (bicyclic) bond motifs is 1. The van der Waals surface area contributed by atoms with Crippen molar-refractivity contribution in [3.63, 3.8) is 0 Å². The van der Waals surface area contributed by atoms with E-state index in [9.17, 15) is 18.0 Å². The Bertz CT molecular complexity index is 1760. The third-order valence-corrected chi connectivity index (χ3v) is 8.46. The SMILES string of the molecule is Cc1ccc(CSc2nc(=O)c3c(n2Cc2ncn(Cc4ccc(-c5ccc(C(F)(F)F)cc5)cc4)n2)CCC3)cc1. The van der Waals surface area contributed by atoms with Crippen LogP contribution in [0.4, 0.5) is 13.2 Å². The van der Waals surface area contributed by atoms with Gasteiger partial charge < -0.3 is 4.57 Å². The van der Waals surface area contributed by atoms with Gasteiger partial charge in [-0.2, -0.15) is 23.3 Å². The second-order valence-corrected chi connectivity index (χ2v) is 11.4. The van der Waals surface area contributed by atoms with Crippen molar-refractivity contribution in [1.82, 2.24) is 24.3 Å². The monoisotopic (exact) mass is 587 g/mol. The third-order valence-electron chi connectivity index (χ3n) is 7.42. The number of aryl methyl sites for hydroxylation is 1. The van der Waals surface area contributed by atoms with Gasteiger partial charge in [0.2, 0.25) is 0 Å². The molecule has 0 amide bonds. The second-order valence-electron chi connectivity index (χ2n) is 10.5. The summed E-state index contributed by atoms with van der Waals surface area (Å²) in [7, 11) is 0. The Morgan fingerprint density at radius 3 is 2.21 bits per heavy atom. The fourth-order valence-corrected chi connectivity index (χ4v) is 6.12. The summed E-state index contributed by atoms with van der Waals surface area (Å²) >= 11 is 1.55. The summed E-state index contributed by atoms with van der Waals surface area (Å²) < 4.78 is 42.5. The Labute approximate surface area is 245 Å². The molecule has 0 unspecified atom stereocenters. The molecule has 0 atom stereocenters. The van der Waals surface area contributed by atoms with Crippen molar-refractivity contribution in [3.05, 3.63) is 129 Å². The molecule has 0 N–H and O–H groups in total. The van der Waals surface area contributed by atoms with Crippen molar-refractivity contribution >= 4 is 11.8 Å². The first kappa shape index (κ1) is 28.0. The lowest BCUT2D eigenvalue weighted by atomic mass is 10.0. The van der Waals surface area contributed by atoms with Gasteiger partial charge in [-0.25, -0.2) is 9.67 Å². The molecule has 0 spiro atoms. The van der Waals surface area contributed by atoms with E-state index in [1.165, 1.54) is 23.3 Å². The lowest BCUT2D eigenvalue weighted by molar-refractivity contribution is -0.137. The van der Waals surface area contributed by atoms with Gasteiger partial charge in [0.25, 0.3) is 5.56 Å². The van der Waals surface area contributed by atoms with Gasteiger partial charge in [0.1, 0.15) is 6.33 Å². The van der Waals surface area contributed by atoms with E-state index >= 15 is 0 Å². The number of aromatic nitrogens is 5. The Morgan fingerprint density at radius 2 is 1.52 bits per heavy atom. The average Bonchev–Trinajstić information content (AvgIpc) is 3.65. The molecular formula is C32H28F3N5OS. The van der Waals surface area contributed by atoms with Crippen molar-refractivity contribution in [2.45, 2.75) is 56.4 Å². The van der Waals surface area contributed by atoms with Gasteiger partial charge in [-0.05, 0) is 60.6 Å². The summed E-state index contributed by atoms with van der Waals surface area (Å²) in [5, 5.41) is 5.37. The van der Waals surface area contributed by atoms with Crippen LogP contribution in [-0.2, 0) is 37.9 Å². The molecule has 2 heterocycles. The number of alkyl halides is 3. The number of rotatable bonds is 8. The van der Waals surface area contributed by atoms with Crippen LogP contribution < -0.4 is 5.56 Å². The zero-order valence-corrected chi connectivity index (χ0v) is 23.8. The fraction of sp³-hybridized carbons (Fsp3) is 0.250. The topological polar surface area (TPSA) is 65.6 Å². The van der Waals surface area contributed by atoms with Gasteiger partial charge in [-0.15, -0.1) is 0 Å². The van der Waals surface area contributed by atoms with Crippen LogP contribution in [0.1, 0.15) is 45.8 Å². The lowest BCUT2D eigenvalue weighted by Crippen LogP contribution is -2.22. The van der Waals surface area contributed by atoms with Gasteiger partial charge in [0.05, 0.1) is 18.7 Å². The summed E-state index contributed by atoms with van der Waals surface area (Å²) in [6.07, 6.45) is -0.155. The first-order chi connectivity index (χ1) is 20.2. The van der Waals surface area contributed by atoms with E-state index in [4.69, 9.17) is 5.10 Å². The number of benzene rings is 3. The molecule has 42 heavy (non-hydrogen) atoms. The van der Waals surface area contributed by atoms with Crippen LogP contribution in [0.15, 0.2) is 89.1 Å². The van der Waals surface area contributed by atoms with Crippen LogP contribution in [0.3, 0.4) is 0 Å². The minimum atomic E-state index is -4.35. The molecule has 6 nitrogen and oxygen atoms in total. The molecule has 0 radical (unpaired) electrons. The Morgan fingerprint density at radius 1 is 0.857 bits per heavy atom. The van der Waals surface area contributed by atoms with Crippen molar-refractivity contribution in [1.29, 1.82) is 0 Å². The molecule has 2 aromatic heterocycles. The van der Waals surface area contributed by atoms with E-state index in [0.29, 0.717) is 29.8 Å². The van der Waals surface area contributed by atoms with Crippen LogP contribution in [-0.4, -0.2) is 24.3 Å². The van der Waals surface area contributed by atoms with Crippen molar-refractivity contribution in [2.24, 2.45) is 0 Å². The summed E-state index contributed by atoms with van der Waals surface area (Å²) in [5.74, 6) is 1.34. The van der Waals surface area contributed by atoms with E-state index in [0.717, 1.165) is 59.3 Å². The summed E-state index contributed by atoms with van der Waals surface area (Å²) in [6.45, 7) is 2.97. The smallest absolute Gasteiger partial charge is 0.316 e. The number of halogens is 3. The highest BCUT2D eigenvalue weighted by molar-refractivity contribution is 7.98. The first-order valence-corrected chi connectivity index (χ1v) is 14.7. The maximum absolute atomic E-state index is 12.9. The van der Waals surface area contributed by atoms with E-state index in [-0.39, 0.29) is 5.56 Å². The molecule has 0 aliphatic heterocycles. The molecule has 1 aliphatic carbocycles. The van der Waals surface area contributed by atoms with E-state index < -0.39 is 11.7 Å². The highest BCUT2D eigenvalue weighted by Gasteiger charge is 2.30. The lowest BCUT2D eigenvalue weighted by Gasteiger charge is -2.15. The number of nitrogens with zero attached hydrogens (tertiary/aromatic N) is 5. The second kappa shape index (κ2) is 11.6. The Kier molecular flexibility index (Phi) is 7.72. The predicted octanol–water partition coefficient (Wildman–Crippen LogP) is 6.71. The van der Waals surface area contributed by atoms with Crippen LogP contribution in [0.5, 0.6) is 0 Å². The molecule has 0 bridgehead atoms. The average molecular weight is 588 g/mol. The minimum absolute atomic E-state index is 0.136. The maximum atomic E-state index is 12.9.